The average molecular weight is 199 g/mol. The molecule has 0 aliphatic carbocycles. The maximum atomic E-state index is 11.2. The van der Waals surface area contributed by atoms with Crippen molar-refractivity contribution in [3.63, 3.8) is 0 Å². The van der Waals surface area contributed by atoms with Crippen molar-refractivity contribution in [3.8, 4) is 0 Å². The van der Waals surface area contributed by atoms with Crippen LogP contribution in [0.3, 0.4) is 0 Å². The van der Waals surface area contributed by atoms with Crippen LogP contribution < -0.4 is 0 Å². The van der Waals surface area contributed by atoms with Gasteiger partial charge in [0, 0.05) is 19.5 Å². The fraction of sp³-hybridized carbons (Fsp3) is 0.900. The Hall–Kier alpha value is -0.610. The smallest absolute Gasteiger partial charge is 0.323 e. The molecule has 1 unspecified atom stereocenters. The maximum absolute atomic E-state index is 11.2. The number of hydrogen-bond acceptors (Lipinski definition) is 4. The first kappa shape index (κ1) is 9.93. The number of carbonyl (C=O) groups is 1. The molecule has 0 radical (unpaired) electrons. The van der Waals surface area contributed by atoms with Crippen molar-refractivity contribution >= 4 is 5.97 Å². The Morgan fingerprint density at radius 1 is 1.57 bits per heavy atom. The molecule has 0 saturated carbocycles. The third kappa shape index (κ3) is 1.42. The van der Waals surface area contributed by atoms with E-state index in [1.165, 1.54) is 0 Å². The summed E-state index contributed by atoms with van der Waals surface area (Å²) in [7, 11) is 0. The first-order valence-corrected chi connectivity index (χ1v) is 5.16. The number of likely N-dealkylation sites (tertiary alicyclic amines) is 1. The van der Waals surface area contributed by atoms with Gasteiger partial charge in [-0.1, -0.05) is 13.8 Å². The highest BCUT2D eigenvalue weighted by Gasteiger charge is 2.49. The van der Waals surface area contributed by atoms with Gasteiger partial charge < -0.3 is 9.84 Å². The van der Waals surface area contributed by atoms with E-state index in [0.29, 0.717) is 19.7 Å². The molecule has 2 saturated heterocycles. The minimum Gasteiger partial charge on any atom is -0.464 e. The van der Waals surface area contributed by atoms with Gasteiger partial charge in [-0.15, -0.1) is 0 Å². The van der Waals surface area contributed by atoms with Gasteiger partial charge in [0.05, 0.1) is 12.2 Å². The van der Waals surface area contributed by atoms with Gasteiger partial charge in [-0.25, -0.2) is 0 Å². The third-order valence-corrected chi connectivity index (χ3v) is 3.38. The van der Waals surface area contributed by atoms with E-state index in [0.717, 1.165) is 6.42 Å². The molecule has 14 heavy (non-hydrogen) atoms. The van der Waals surface area contributed by atoms with Crippen LogP contribution in [-0.4, -0.2) is 47.3 Å². The summed E-state index contributed by atoms with van der Waals surface area (Å²) in [6, 6.07) is -0.103. The van der Waals surface area contributed by atoms with Crippen LogP contribution in [0.25, 0.3) is 0 Å². The lowest BCUT2D eigenvalue weighted by atomic mass is 9.82. The molecule has 1 N–H and O–H groups in total. The summed E-state index contributed by atoms with van der Waals surface area (Å²) in [6.07, 6.45) is 0.771. The molecule has 0 aromatic carbocycles. The summed E-state index contributed by atoms with van der Waals surface area (Å²) in [5.74, 6) is 0.118. The van der Waals surface area contributed by atoms with Crippen LogP contribution >= 0.6 is 0 Å². The quantitative estimate of drug-likeness (QED) is 0.636. The van der Waals surface area contributed by atoms with E-state index in [2.05, 4.69) is 0 Å². The summed E-state index contributed by atoms with van der Waals surface area (Å²) < 4.78 is 4.89. The van der Waals surface area contributed by atoms with Crippen LogP contribution in [-0.2, 0) is 9.53 Å². The number of nitrogens with zero attached hydrogens (tertiary/aromatic N) is 1. The molecule has 0 aromatic heterocycles. The van der Waals surface area contributed by atoms with Gasteiger partial charge in [0.25, 0.3) is 0 Å². The van der Waals surface area contributed by atoms with Crippen molar-refractivity contribution in [3.05, 3.63) is 0 Å². The highest BCUT2D eigenvalue weighted by atomic mass is 16.5. The average Bonchev–Trinajstić information content (AvgIpc) is 2.45. The second kappa shape index (κ2) is 3.21. The zero-order chi connectivity index (χ0) is 10.3. The Morgan fingerprint density at radius 3 is 2.64 bits per heavy atom. The molecule has 0 spiro atoms. The van der Waals surface area contributed by atoms with Gasteiger partial charge in [-0.05, 0) is 5.92 Å². The van der Waals surface area contributed by atoms with Crippen molar-refractivity contribution < 1.29 is 14.6 Å². The zero-order valence-corrected chi connectivity index (χ0v) is 8.69. The van der Waals surface area contributed by atoms with Crippen LogP contribution in [0.1, 0.15) is 20.3 Å². The second-order valence-corrected chi connectivity index (χ2v) is 4.64. The van der Waals surface area contributed by atoms with Gasteiger partial charge in [0.1, 0.15) is 6.04 Å². The van der Waals surface area contributed by atoms with Crippen LogP contribution in [0.15, 0.2) is 0 Å². The Bertz CT molecular complexity index is 246. The summed E-state index contributed by atoms with van der Waals surface area (Å²) in [5.41, 5.74) is -0.594. The largest absolute Gasteiger partial charge is 0.464 e. The Kier molecular flexibility index (Phi) is 2.27. The highest BCUT2D eigenvalue weighted by molar-refractivity contribution is 5.77. The monoisotopic (exact) mass is 199 g/mol. The molecule has 0 amide bonds. The number of ether oxygens (including phenoxy) is 1. The van der Waals surface area contributed by atoms with Crippen molar-refractivity contribution in [2.24, 2.45) is 5.92 Å². The van der Waals surface area contributed by atoms with E-state index < -0.39 is 5.60 Å². The van der Waals surface area contributed by atoms with Gasteiger partial charge in [0.2, 0.25) is 0 Å². The van der Waals surface area contributed by atoms with E-state index in [4.69, 9.17) is 4.74 Å². The fourth-order valence-electron chi connectivity index (χ4n) is 2.06. The lowest BCUT2D eigenvalue weighted by Gasteiger charge is -2.50. The Balaban J connectivity index is 1.91. The summed E-state index contributed by atoms with van der Waals surface area (Å²) in [5, 5.41) is 10.0. The van der Waals surface area contributed by atoms with E-state index in [9.17, 15) is 9.90 Å². The summed E-state index contributed by atoms with van der Waals surface area (Å²) >= 11 is 0. The SMILES string of the molecule is CC(C)C1(O)CN(C2CCOC2=O)C1. The summed E-state index contributed by atoms with van der Waals surface area (Å²) in [6.45, 7) is 5.74. The number of aliphatic hydroxyl groups is 1. The van der Waals surface area contributed by atoms with Crippen molar-refractivity contribution in [1.29, 1.82) is 0 Å². The molecule has 2 heterocycles. The Morgan fingerprint density at radius 2 is 2.21 bits per heavy atom. The van der Waals surface area contributed by atoms with E-state index in [1.807, 2.05) is 18.7 Å². The summed E-state index contributed by atoms with van der Waals surface area (Å²) in [4.78, 5) is 13.3. The molecule has 0 aromatic rings. The predicted octanol–water partition coefficient (Wildman–Crippen LogP) is 0.00460. The molecule has 2 fully saturated rings. The van der Waals surface area contributed by atoms with Gasteiger partial charge >= 0.3 is 5.97 Å². The molecule has 80 valence electrons. The fourth-order valence-corrected chi connectivity index (χ4v) is 2.06. The number of esters is 1. The third-order valence-electron chi connectivity index (χ3n) is 3.38. The minimum atomic E-state index is -0.594. The minimum absolute atomic E-state index is 0.103. The van der Waals surface area contributed by atoms with Gasteiger partial charge in [0.15, 0.2) is 0 Å². The van der Waals surface area contributed by atoms with Crippen LogP contribution in [0, 0.1) is 5.92 Å². The van der Waals surface area contributed by atoms with Crippen molar-refractivity contribution in [2.45, 2.75) is 31.9 Å². The molecule has 2 aliphatic heterocycles. The first-order chi connectivity index (χ1) is 6.53. The van der Waals surface area contributed by atoms with Crippen LogP contribution in [0.4, 0.5) is 0 Å². The maximum Gasteiger partial charge on any atom is 0.323 e. The normalized spacial score (nSPS) is 31.7. The zero-order valence-electron chi connectivity index (χ0n) is 8.69. The molecule has 2 rings (SSSR count). The first-order valence-electron chi connectivity index (χ1n) is 5.16. The number of β-amino-alcohol motifs (C(OH)–C–C–N with tert-alkyl or cyclic N) is 1. The predicted molar refractivity (Wildman–Crippen MR) is 50.7 cm³/mol. The number of cyclic esters (lactones) is 1. The number of rotatable bonds is 2. The molecular weight excluding hydrogens is 182 g/mol. The standard InChI is InChI=1S/C10H17NO3/c1-7(2)10(13)5-11(6-10)8-3-4-14-9(8)12/h7-8,13H,3-6H2,1-2H3. The molecule has 4 heteroatoms. The molecule has 0 bridgehead atoms. The highest BCUT2D eigenvalue weighted by Crippen LogP contribution is 2.32. The van der Waals surface area contributed by atoms with Crippen molar-refractivity contribution in [1.82, 2.24) is 4.90 Å². The Labute approximate surface area is 83.8 Å². The van der Waals surface area contributed by atoms with E-state index in [-0.39, 0.29) is 17.9 Å². The number of hydrogen-bond donors (Lipinski definition) is 1. The molecule has 2 aliphatic rings. The molecular formula is C10H17NO3. The second-order valence-electron chi connectivity index (χ2n) is 4.64. The van der Waals surface area contributed by atoms with Gasteiger partial charge in [-0.3, -0.25) is 9.69 Å². The van der Waals surface area contributed by atoms with Gasteiger partial charge in [-0.2, -0.15) is 0 Å². The molecule has 4 nitrogen and oxygen atoms in total. The van der Waals surface area contributed by atoms with Crippen molar-refractivity contribution in [2.75, 3.05) is 19.7 Å². The lowest BCUT2D eigenvalue weighted by molar-refractivity contribution is -0.161. The lowest BCUT2D eigenvalue weighted by Crippen LogP contribution is -2.67. The number of carbonyl (C=O) groups excluding carboxylic acids is 1. The van der Waals surface area contributed by atoms with E-state index >= 15 is 0 Å². The molecule has 1 atom stereocenters. The van der Waals surface area contributed by atoms with Crippen LogP contribution in [0.5, 0.6) is 0 Å². The topological polar surface area (TPSA) is 49.8 Å². The van der Waals surface area contributed by atoms with E-state index in [1.54, 1.807) is 0 Å². The van der Waals surface area contributed by atoms with Crippen LogP contribution in [0.2, 0.25) is 0 Å².